The van der Waals surface area contributed by atoms with Crippen molar-refractivity contribution in [2.75, 3.05) is 33.2 Å². The fraction of sp³-hybridized carbons (Fsp3) is 1.00. The predicted octanol–water partition coefficient (Wildman–Crippen LogP) is 1.82. The van der Waals surface area contributed by atoms with Gasteiger partial charge in [0.2, 0.25) is 0 Å². The third kappa shape index (κ3) is 5.27. The maximum Gasteiger partial charge on any atom is 0.00240 e. The lowest BCUT2D eigenvalue weighted by Gasteiger charge is -2.27. The molecule has 0 amide bonds. The molecule has 2 nitrogen and oxygen atoms in total. The minimum atomic E-state index is 0.771. The Morgan fingerprint density at radius 1 is 1.15 bits per heavy atom. The first-order valence-electron chi connectivity index (χ1n) is 5.52. The van der Waals surface area contributed by atoms with Crippen LogP contribution in [0.15, 0.2) is 0 Å². The van der Waals surface area contributed by atoms with Gasteiger partial charge >= 0.3 is 0 Å². The molecule has 13 heavy (non-hydrogen) atoms. The van der Waals surface area contributed by atoms with E-state index in [1.54, 1.807) is 0 Å². The van der Waals surface area contributed by atoms with E-state index in [1.807, 2.05) is 7.05 Å². The molecule has 0 aliphatic carbocycles. The van der Waals surface area contributed by atoms with E-state index in [4.69, 9.17) is 0 Å². The van der Waals surface area contributed by atoms with Crippen molar-refractivity contribution in [3.05, 3.63) is 0 Å². The Morgan fingerprint density at radius 2 is 1.69 bits per heavy atom. The molecule has 1 atom stereocenters. The van der Waals surface area contributed by atoms with Gasteiger partial charge in [0.1, 0.15) is 0 Å². The van der Waals surface area contributed by atoms with Crippen LogP contribution in [0.25, 0.3) is 0 Å². The zero-order valence-electron chi connectivity index (χ0n) is 9.93. The predicted molar refractivity (Wildman–Crippen MR) is 60.0 cm³/mol. The van der Waals surface area contributed by atoms with E-state index in [-0.39, 0.29) is 0 Å². The van der Waals surface area contributed by atoms with E-state index >= 15 is 0 Å². The summed E-state index contributed by atoms with van der Waals surface area (Å²) >= 11 is 0. The van der Waals surface area contributed by atoms with Crippen molar-refractivity contribution in [2.45, 2.75) is 27.7 Å². The Kier molecular flexibility index (Phi) is 7.29. The fourth-order valence-corrected chi connectivity index (χ4v) is 1.59. The van der Waals surface area contributed by atoms with Crippen molar-refractivity contribution in [3.8, 4) is 0 Å². The van der Waals surface area contributed by atoms with E-state index < -0.39 is 0 Å². The SMILES string of the molecule is CCN(CC)CC(CNC)C(C)C. The van der Waals surface area contributed by atoms with Crippen molar-refractivity contribution in [3.63, 3.8) is 0 Å². The maximum atomic E-state index is 3.28. The third-order valence-electron chi connectivity index (χ3n) is 2.80. The summed E-state index contributed by atoms with van der Waals surface area (Å²) in [5.74, 6) is 1.55. The van der Waals surface area contributed by atoms with Gasteiger partial charge in [-0.05, 0) is 38.5 Å². The van der Waals surface area contributed by atoms with Gasteiger partial charge in [-0.25, -0.2) is 0 Å². The summed E-state index contributed by atoms with van der Waals surface area (Å²) in [6.07, 6.45) is 0. The lowest BCUT2D eigenvalue weighted by atomic mass is 9.95. The summed E-state index contributed by atoms with van der Waals surface area (Å²) in [7, 11) is 2.04. The maximum absolute atomic E-state index is 3.28. The molecule has 2 heteroatoms. The van der Waals surface area contributed by atoms with Gasteiger partial charge in [-0.1, -0.05) is 27.7 Å². The molecule has 0 heterocycles. The number of hydrogen-bond donors (Lipinski definition) is 1. The Balaban J connectivity index is 3.91. The highest BCUT2D eigenvalue weighted by molar-refractivity contribution is 4.69. The topological polar surface area (TPSA) is 15.3 Å². The molecule has 0 bridgehead atoms. The van der Waals surface area contributed by atoms with Crippen molar-refractivity contribution in [1.82, 2.24) is 10.2 Å². The minimum Gasteiger partial charge on any atom is -0.319 e. The molecule has 0 saturated heterocycles. The Hall–Kier alpha value is -0.0800. The van der Waals surface area contributed by atoms with Crippen LogP contribution in [0.4, 0.5) is 0 Å². The second-order valence-electron chi connectivity index (χ2n) is 4.05. The van der Waals surface area contributed by atoms with Crippen LogP contribution in [-0.4, -0.2) is 38.1 Å². The molecule has 0 aromatic heterocycles. The van der Waals surface area contributed by atoms with Gasteiger partial charge in [0, 0.05) is 6.54 Å². The van der Waals surface area contributed by atoms with Crippen LogP contribution in [0.1, 0.15) is 27.7 Å². The van der Waals surface area contributed by atoms with Crippen molar-refractivity contribution < 1.29 is 0 Å². The van der Waals surface area contributed by atoms with E-state index in [0.29, 0.717) is 0 Å². The minimum absolute atomic E-state index is 0.771. The van der Waals surface area contributed by atoms with E-state index in [2.05, 4.69) is 37.9 Å². The highest BCUT2D eigenvalue weighted by Gasteiger charge is 2.14. The summed E-state index contributed by atoms with van der Waals surface area (Å²) in [5, 5.41) is 3.28. The van der Waals surface area contributed by atoms with E-state index in [1.165, 1.54) is 19.6 Å². The summed E-state index contributed by atoms with van der Waals surface area (Å²) in [4.78, 5) is 2.50. The van der Waals surface area contributed by atoms with Crippen LogP contribution < -0.4 is 5.32 Å². The largest absolute Gasteiger partial charge is 0.319 e. The molecule has 0 spiro atoms. The zero-order chi connectivity index (χ0) is 10.3. The average Bonchev–Trinajstić information content (AvgIpc) is 2.11. The van der Waals surface area contributed by atoms with Crippen LogP contribution in [0.3, 0.4) is 0 Å². The first-order chi connectivity index (χ1) is 6.15. The van der Waals surface area contributed by atoms with Crippen LogP contribution in [-0.2, 0) is 0 Å². The molecule has 0 fully saturated rings. The highest BCUT2D eigenvalue weighted by atomic mass is 15.1. The molecule has 1 N–H and O–H groups in total. The second-order valence-corrected chi connectivity index (χ2v) is 4.05. The molecule has 1 unspecified atom stereocenters. The molecule has 0 radical (unpaired) electrons. The van der Waals surface area contributed by atoms with Crippen LogP contribution >= 0.6 is 0 Å². The van der Waals surface area contributed by atoms with Gasteiger partial charge in [0.25, 0.3) is 0 Å². The number of hydrogen-bond acceptors (Lipinski definition) is 2. The number of rotatable bonds is 7. The van der Waals surface area contributed by atoms with Crippen LogP contribution in [0.2, 0.25) is 0 Å². The summed E-state index contributed by atoms with van der Waals surface area (Å²) in [6.45, 7) is 13.8. The van der Waals surface area contributed by atoms with Crippen molar-refractivity contribution in [1.29, 1.82) is 0 Å². The standard InChI is InChI=1S/C11H26N2/c1-6-13(7-2)9-11(8-12-5)10(3)4/h10-12H,6-9H2,1-5H3. The van der Waals surface area contributed by atoms with Gasteiger partial charge in [0.05, 0.1) is 0 Å². The number of nitrogens with one attached hydrogen (secondary N) is 1. The molecule has 80 valence electrons. The molecule has 0 aromatic carbocycles. The summed E-state index contributed by atoms with van der Waals surface area (Å²) < 4.78 is 0. The van der Waals surface area contributed by atoms with E-state index in [0.717, 1.165) is 18.4 Å². The van der Waals surface area contributed by atoms with Gasteiger partial charge in [0.15, 0.2) is 0 Å². The molecular formula is C11H26N2. The second kappa shape index (κ2) is 7.34. The first-order valence-corrected chi connectivity index (χ1v) is 5.52. The van der Waals surface area contributed by atoms with Crippen LogP contribution in [0.5, 0.6) is 0 Å². The molecule has 0 rings (SSSR count). The van der Waals surface area contributed by atoms with Crippen molar-refractivity contribution in [2.24, 2.45) is 11.8 Å². The molecule has 0 aromatic rings. The lowest BCUT2D eigenvalue weighted by Crippen LogP contribution is -2.36. The van der Waals surface area contributed by atoms with Gasteiger partial charge in [-0.2, -0.15) is 0 Å². The normalized spacial score (nSPS) is 14.1. The fourth-order valence-electron chi connectivity index (χ4n) is 1.59. The average molecular weight is 186 g/mol. The van der Waals surface area contributed by atoms with Gasteiger partial charge in [-0.15, -0.1) is 0 Å². The summed E-state index contributed by atoms with van der Waals surface area (Å²) in [6, 6.07) is 0. The zero-order valence-corrected chi connectivity index (χ0v) is 9.93. The lowest BCUT2D eigenvalue weighted by molar-refractivity contribution is 0.215. The molecule has 0 aliphatic rings. The van der Waals surface area contributed by atoms with Gasteiger partial charge < -0.3 is 10.2 Å². The van der Waals surface area contributed by atoms with Gasteiger partial charge in [-0.3, -0.25) is 0 Å². The quantitative estimate of drug-likeness (QED) is 0.652. The number of nitrogens with zero attached hydrogens (tertiary/aromatic N) is 1. The van der Waals surface area contributed by atoms with Crippen molar-refractivity contribution >= 4 is 0 Å². The molecular weight excluding hydrogens is 160 g/mol. The molecule has 0 saturated carbocycles. The summed E-state index contributed by atoms with van der Waals surface area (Å²) in [5.41, 5.74) is 0. The highest BCUT2D eigenvalue weighted by Crippen LogP contribution is 2.11. The Morgan fingerprint density at radius 3 is 2.00 bits per heavy atom. The Bertz CT molecular complexity index is 109. The third-order valence-corrected chi connectivity index (χ3v) is 2.80. The van der Waals surface area contributed by atoms with Crippen LogP contribution in [0, 0.1) is 11.8 Å². The van der Waals surface area contributed by atoms with E-state index in [9.17, 15) is 0 Å². The first kappa shape index (κ1) is 12.9. The Labute approximate surface area is 83.7 Å². The monoisotopic (exact) mass is 186 g/mol. The smallest absolute Gasteiger partial charge is 0.00240 e. The molecule has 0 aliphatic heterocycles.